The van der Waals surface area contributed by atoms with Crippen molar-refractivity contribution in [3.63, 3.8) is 0 Å². The minimum Gasteiger partial charge on any atom is -0.475 e. The van der Waals surface area contributed by atoms with E-state index in [-0.39, 0.29) is 30.9 Å². The molecule has 1 aromatic carbocycles. The van der Waals surface area contributed by atoms with E-state index in [2.05, 4.69) is 5.32 Å². The van der Waals surface area contributed by atoms with Gasteiger partial charge in [0.05, 0.1) is 0 Å². The Morgan fingerprint density at radius 2 is 1.64 bits per heavy atom. The molecule has 0 aromatic heterocycles. The monoisotopic (exact) mass is 406 g/mol. The summed E-state index contributed by atoms with van der Waals surface area (Å²) in [7, 11) is 0. The van der Waals surface area contributed by atoms with Crippen molar-refractivity contribution < 1.29 is 37.4 Å². The van der Waals surface area contributed by atoms with Gasteiger partial charge in [-0.1, -0.05) is 30.3 Å². The van der Waals surface area contributed by atoms with E-state index in [1.54, 1.807) is 0 Å². The highest BCUT2D eigenvalue weighted by Crippen LogP contribution is 2.13. The first kappa shape index (κ1) is 25.4. The molecule has 0 bridgehead atoms. The molecule has 7 nitrogen and oxygen atoms in total. The number of carbonyl (C=O) groups is 3. The van der Waals surface area contributed by atoms with Gasteiger partial charge < -0.3 is 20.9 Å². The molecule has 0 saturated carbocycles. The van der Waals surface area contributed by atoms with Crippen molar-refractivity contribution in [2.75, 3.05) is 0 Å². The third-order valence-electron chi connectivity index (χ3n) is 2.97. The summed E-state index contributed by atoms with van der Waals surface area (Å²) in [5.41, 5.74) is 6.36. The maximum atomic E-state index is 11.7. The van der Waals surface area contributed by atoms with Crippen molar-refractivity contribution in [1.82, 2.24) is 5.32 Å². The van der Waals surface area contributed by atoms with Crippen molar-refractivity contribution in [3.8, 4) is 0 Å². The number of ether oxygens (including phenoxy) is 1. The number of aliphatic carboxylic acids is 1. The Bertz CT molecular complexity index is 643. The standard InChI is InChI=1S/C16H24N2O3.C2HF3O2/c1-16(2,3)18-14(19)10-9-13(17)15(20)21-11-12-7-5-4-6-8-12;3-2(4,5)1(6)7/h4-8,13H,9-11,17H2,1-3H3,(H,18,19);(H,6,7)/t13-;/m0./s1. The molecule has 1 atom stereocenters. The number of carboxylic acid groups (broad SMARTS) is 1. The lowest BCUT2D eigenvalue weighted by molar-refractivity contribution is -0.192. The van der Waals surface area contributed by atoms with E-state index in [9.17, 15) is 22.8 Å². The first-order valence-electron chi connectivity index (χ1n) is 8.29. The molecule has 0 saturated heterocycles. The van der Waals surface area contributed by atoms with Gasteiger partial charge in [0.2, 0.25) is 5.91 Å². The first-order chi connectivity index (χ1) is 12.7. The second-order valence-electron chi connectivity index (χ2n) is 6.84. The number of alkyl halides is 3. The molecule has 1 aromatic rings. The van der Waals surface area contributed by atoms with Crippen LogP contribution in [0.1, 0.15) is 39.2 Å². The van der Waals surface area contributed by atoms with Crippen molar-refractivity contribution in [1.29, 1.82) is 0 Å². The molecular formula is C18H25F3N2O5. The lowest BCUT2D eigenvalue weighted by Crippen LogP contribution is -2.41. The maximum Gasteiger partial charge on any atom is 0.490 e. The Labute approximate surface area is 161 Å². The molecular weight excluding hydrogens is 381 g/mol. The minimum atomic E-state index is -5.08. The quantitative estimate of drug-likeness (QED) is 0.624. The highest BCUT2D eigenvalue weighted by Gasteiger charge is 2.38. The highest BCUT2D eigenvalue weighted by molar-refractivity contribution is 5.79. The number of esters is 1. The third kappa shape index (κ3) is 12.7. The molecule has 28 heavy (non-hydrogen) atoms. The van der Waals surface area contributed by atoms with Crippen LogP contribution in [0.2, 0.25) is 0 Å². The second kappa shape index (κ2) is 11.3. The lowest BCUT2D eigenvalue weighted by Gasteiger charge is -2.20. The number of carbonyl (C=O) groups excluding carboxylic acids is 2. The van der Waals surface area contributed by atoms with E-state index in [0.29, 0.717) is 0 Å². The summed E-state index contributed by atoms with van der Waals surface area (Å²) >= 11 is 0. The number of halogens is 3. The smallest absolute Gasteiger partial charge is 0.475 e. The van der Waals surface area contributed by atoms with Crippen LogP contribution < -0.4 is 11.1 Å². The molecule has 0 aliphatic heterocycles. The fraction of sp³-hybridized carbons (Fsp3) is 0.500. The highest BCUT2D eigenvalue weighted by atomic mass is 19.4. The van der Waals surface area contributed by atoms with Gasteiger partial charge in [0.15, 0.2) is 0 Å². The number of benzene rings is 1. The van der Waals surface area contributed by atoms with Gasteiger partial charge in [0.25, 0.3) is 0 Å². The second-order valence-corrected chi connectivity index (χ2v) is 6.84. The van der Waals surface area contributed by atoms with Gasteiger partial charge in [-0.05, 0) is 32.8 Å². The molecule has 1 amide bonds. The Balaban J connectivity index is 0.000000887. The van der Waals surface area contributed by atoms with E-state index >= 15 is 0 Å². The average Bonchev–Trinajstić information content (AvgIpc) is 2.56. The van der Waals surface area contributed by atoms with Gasteiger partial charge in [-0.3, -0.25) is 9.59 Å². The fourth-order valence-corrected chi connectivity index (χ4v) is 1.72. The van der Waals surface area contributed by atoms with E-state index in [1.165, 1.54) is 0 Å². The number of nitrogens with one attached hydrogen (secondary N) is 1. The zero-order chi connectivity index (χ0) is 22.0. The largest absolute Gasteiger partial charge is 0.490 e. The summed E-state index contributed by atoms with van der Waals surface area (Å²) in [5.74, 6) is -3.36. The zero-order valence-electron chi connectivity index (χ0n) is 15.9. The van der Waals surface area contributed by atoms with Crippen molar-refractivity contribution in [3.05, 3.63) is 35.9 Å². The van der Waals surface area contributed by atoms with Gasteiger partial charge in [0, 0.05) is 12.0 Å². The predicted molar refractivity (Wildman–Crippen MR) is 95.0 cm³/mol. The van der Waals surface area contributed by atoms with Gasteiger partial charge in [-0.25, -0.2) is 4.79 Å². The van der Waals surface area contributed by atoms with Gasteiger partial charge in [-0.2, -0.15) is 13.2 Å². The van der Waals surface area contributed by atoms with Crippen LogP contribution >= 0.6 is 0 Å². The molecule has 1 rings (SSSR count). The Kier molecular flexibility index (Phi) is 10.2. The summed E-state index contributed by atoms with van der Waals surface area (Å²) in [4.78, 5) is 32.3. The topological polar surface area (TPSA) is 119 Å². The number of hydrogen-bond acceptors (Lipinski definition) is 5. The van der Waals surface area contributed by atoms with Crippen molar-refractivity contribution >= 4 is 17.8 Å². The molecule has 0 aliphatic rings. The van der Waals surface area contributed by atoms with E-state index in [4.69, 9.17) is 20.4 Å². The van der Waals surface area contributed by atoms with E-state index < -0.39 is 24.2 Å². The first-order valence-corrected chi connectivity index (χ1v) is 8.29. The molecule has 0 aliphatic carbocycles. The van der Waals surface area contributed by atoms with Gasteiger partial charge >= 0.3 is 18.1 Å². The SMILES string of the molecule is CC(C)(C)NC(=O)CC[C@H](N)C(=O)OCc1ccccc1.O=C(O)C(F)(F)F. The number of rotatable bonds is 6. The van der Waals surface area contributed by atoms with Crippen LogP contribution in [0.4, 0.5) is 13.2 Å². The Morgan fingerprint density at radius 3 is 2.07 bits per heavy atom. The molecule has 10 heteroatoms. The van der Waals surface area contributed by atoms with E-state index in [0.717, 1.165) is 5.56 Å². The minimum absolute atomic E-state index is 0.117. The lowest BCUT2D eigenvalue weighted by atomic mass is 10.1. The molecule has 0 spiro atoms. The van der Waals surface area contributed by atoms with Gasteiger partial charge in [0.1, 0.15) is 12.6 Å². The van der Waals surface area contributed by atoms with Crippen LogP contribution in [0.15, 0.2) is 30.3 Å². The normalized spacial score (nSPS) is 12.2. The molecule has 0 unspecified atom stereocenters. The predicted octanol–water partition coefficient (Wildman–Crippen LogP) is 2.39. The molecule has 158 valence electrons. The van der Waals surface area contributed by atoms with Gasteiger partial charge in [-0.15, -0.1) is 0 Å². The summed E-state index contributed by atoms with van der Waals surface area (Å²) in [6.07, 6.45) is -4.60. The van der Waals surface area contributed by atoms with Crippen molar-refractivity contribution in [2.24, 2.45) is 5.73 Å². The Hall–Kier alpha value is -2.62. The zero-order valence-corrected chi connectivity index (χ0v) is 15.9. The Morgan fingerprint density at radius 1 is 1.14 bits per heavy atom. The number of nitrogens with two attached hydrogens (primary N) is 1. The molecule has 0 fully saturated rings. The van der Waals surface area contributed by atoms with Crippen LogP contribution in [0.5, 0.6) is 0 Å². The van der Waals surface area contributed by atoms with Crippen molar-refractivity contribution in [2.45, 2.75) is 58.0 Å². The summed E-state index contributed by atoms with van der Waals surface area (Å²) in [6, 6.07) is 8.61. The van der Waals surface area contributed by atoms with Crippen LogP contribution in [0.25, 0.3) is 0 Å². The van der Waals surface area contributed by atoms with Crippen LogP contribution in [-0.2, 0) is 25.7 Å². The summed E-state index contributed by atoms with van der Waals surface area (Å²) in [5, 5.41) is 9.95. The number of carboxylic acids is 1. The fourth-order valence-electron chi connectivity index (χ4n) is 1.72. The maximum absolute atomic E-state index is 11.7. The summed E-state index contributed by atoms with van der Waals surface area (Å²) in [6.45, 7) is 5.90. The summed E-state index contributed by atoms with van der Waals surface area (Å²) < 4.78 is 36.9. The van der Waals surface area contributed by atoms with Crippen LogP contribution in [-0.4, -0.2) is 40.7 Å². The molecule has 0 heterocycles. The number of amides is 1. The third-order valence-corrected chi connectivity index (χ3v) is 2.97. The average molecular weight is 406 g/mol. The number of hydrogen-bond donors (Lipinski definition) is 3. The molecule has 0 radical (unpaired) electrons. The van der Waals surface area contributed by atoms with Crippen LogP contribution in [0, 0.1) is 0 Å². The molecule has 4 N–H and O–H groups in total. The van der Waals surface area contributed by atoms with Crippen LogP contribution in [0.3, 0.4) is 0 Å². The van der Waals surface area contributed by atoms with E-state index in [1.807, 2.05) is 51.1 Å².